The van der Waals surface area contributed by atoms with Gasteiger partial charge in [-0.15, -0.1) is 11.8 Å². The summed E-state index contributed by atoms with van der Waals surface area (Å²) in [6.07, 6.45) is 4.21. The van der Waals surface area contributed by atoms with E-state index in [0.29, 0.717) is 16.3 Å². The monoisotopic (exact) mass is 323 g/mol. The summed E-state index contributed by atoms with van der Waals surface area (Å²) in [5, 5.41) is 11.0. The number of rotatable bonds is 3. The van der Waals surface area contributed by atoms with Crippen LogP contribution >= 0.6 is 23.4 Å². The van der Waals surface area contributed by atoms with Crippen molar-refractivity contribution in [2.75, 3.05) is 0 Å². The van der Waals surface area contributed by atoms with Gasteiger partial charge in [0, 0.05) is 22.4 Å². The van der Waals surface area contributed by atoms with Crippen molar-refractivity contribution in [1.29, 1.82) is 0 Å². The van der Waals surface area contributed by atoms with Gasteiger partial charge >= 0.3 is 0 Å². The number of aryl methyl sites for hydroxylation is 1. The molecule has 0 spiro atoms. The molecule has 0 amide bonds. The molecule has 0 aliphatic heterocycles. The molecule has 110 valence electrons. The maximum atomic E-state index is 13.8. The molecule has 0 unspecified atom stereocenters. The minimum Gasteiger partial charge on any atom is -0.493 e. The van der Waals surface area contributed by atoms with Gasteiger partial charge in [0.2, 0.25) is 5.88 Å². The first-order valence-electron chi connectivity index (χ1n) is 6.92. The number of aromatic hydroxyl groups is 1. The van der Waals surface area contributed by atoms with Crippen LogP contribution in [0.1, 0.15) is 29.5 Å². The number of thioether (sulfide) groups is 1. The molecule has 0 radical (unpaired) electrons. The van der Waals surface area contributed by atoms with Crippen LogP contribution in [0, 0.1) is 5.82 Å². The normalized spacial score (nSPS) is 14.0. The molecule has 1 aliphatic rings. The zero-order valence-corrected chi connectivity index (χ0v) is 13.0. The summed E-state index contributed by atoms with van der Waals surface area (Å²) in [5.41, 5.74) is 2.84. The summed E-state index contributed by atoms with van der Waals surface area (Å²) < 4.78 is 13.8. The van der Waals surface area contributed by atoms with Crippen LogP contribution in [0.2, 0.25) is 5.02 Å². The Morgan fingerprint density at radius 3 is 2.90 bits per heavy atom. The minimum absolute atomic E-state index is 0.0396. The first kappa shape index (κ1) is 14.7. The molecule has 1 heterocycles. The summed E-state index contributed by atoms with van der Waals surface area (Å²) in [4.78, 5) is 4.21. The van der Waals surface area contributed by atoms with E-state index in [1.165, 1.54) is 23.4 Å². The Labute approximate surface area is 132 Å². The van der Waals surface area contributed by atoms with Gasteiger partial charge in [0.15, 0.2) is 0 Å². The van der Waals surface area contributed by atoms with E-state index >= 15 is 0 Å². The fourth-order valence-electron chi connectivity index (χ4n) is 2.62. The van der Waals surface area contributed by atoms with Crippen molar-refractivity contribution < 1.29 is 9.50 Å². The number of aromatic nitrogens is 1. The van der Waals surface area contributed by atoms with E-state index < -0.39 is 0 Å². The van der Waals surface area contributed by atoms with Gasteiger partial charge in [0.25, 0.3) is 0 Å². The van der Waals surface area contributed by atoms with Gasteiger partial charge in [-0.3, -0.25) is 0 Å². The number of hydrogen-bond acceptors (Lipinski definition) is 3. The van der Waals surface area contributed by atoms with E-state index in [1.807, 2.05) is 0 Å². The van der Waals surface area contributed by atoms with Gasteiger partial charge in [-0.2, -0.15) is 0 Å². The van der Waals surface area contributed by atoms with E-state index in [0.717, 1.165) is 36.3 Å². The summed E-state index contributed by atoms with van der Waals surface area (Å²) in [7, 11) is 0. The molecule has 0 saturated heterocycles. The van der Waals surface area contributed by atoms with Crippen LogP contribution in [0.4, 0.5) is 4.39 Å². The first-order chi connectivity index (χ1) is 10.1. The lowest BCUT2D eigenvalue weighted by Crippen LogP contribution is -2.06. The Kier molecular flexibility index (Phi) is 4.36. The molecular formula is C16H15ClFNOS. The van der Waals surface area contributed by atoms with Crippen LogP contribution < -0.4 is 0 Å². The maximum Gasteiger partial charge on any atom is 0.212 e. The first-order valence-corrected chi connectivity index (χ1v) is 8.29. The largest absolute Gasteiger partial charge is 0.493 e. The Hall–Kier alpha value is -1.26. The van der Waals surface area contributed by atoms with E-state index in [1.54, 1.807) is 18.2 Å². The highest BCUT2D eigenvalue weighted by atomic mass is 35.5. The van der Waals surface area contributed by atoms with E-state index in [-0.39, 0.29) is 11.7 Å². The molecule has 5 heteroatoms. The third-order valence-corrected chi connectivity index (χ3v) is 5.10. The minimum atomic E-state index is -0.302. The second kappa shape index (κ2) is 6.24. The third kappa shape index (κ3) is 3.16. The van der Waals surface area contributed by atoms with Gasteiger partial charge in [-0.1, -0.05) is 17.7 Å². The van der Waals surface area contributed by atoms with Gasteiger partial charge in [0.1, 0.15) is 10.8 Å². The fraction of sp³-hybridized carbons (Fsp3) is 0.312. The quantitative estimate of drug-likeness (QED) is 0.827. The summed E-state index contributed by atoms with van der Waals surface area (Å²) in [6, 6.07) is 6.44. The average molecular weight is 324 g/mol. The predicted octanol–water partition coefficient (Wildman–Crippen LogP) is 4.75. The summed E-state index contributed by atoms with van der Waals surface area (Å²) >= 11 is 7.48. The average Bonchev–Trinajstić information content (AvgIpc) is 2.46. The molecule has 0 bridgehead atoms. The molecule has 1 aromatic carbocycles. The SMILES string of the molecule is Oc1cc2c(c(SCc3c(F)cccc3Cl)n1)CCCC2. The van der Waals surface area contributed by atoms with Crippen LogP contribution in [0.25, 0.3) is 0 Å². The van der Waals surface area contributed by atoms with Crippen molar-refractivity contribution in [3.8, 4) is 5.88 Å². The molecule has 1 aromatic heterocycles. The van der Waals surface area contributed by atoms with Crippen molar-refractivity contribution in [2.45, 2.75) is 36.5 Å². The Morgan fingerprint density at radius 2 is 2.10 bits per heavy atom. The van der Waals surface area contributed by atoms with Crippen LogP contribution in [0.3, 0.4) is 0 Å². The van der Waals surface area contributed by atoms with Crippen LogP contribution in [0.5, 0.6) is 5.88 Å². The number of nitrogens with zero attached hydrogens (tertiary/aromatic N) is 1. The summed E-state index contributed by atoms with van der Waals surface area (Å²) in [5.74, 6) is 0.149. The second-order valence-electron chi connectivity index (χ2n) is 5.12. The molecule has 2 nitrogen and oxygen atoms in total. The predicted molar refractivity (Wildman–Crippen MR) is 83.5 cm³/mol. The summed E-state index contributed by atoms with van der Waals surface area (Å²) in [6.45, 7) is 0. The smallest absolute Gasteiger partial charge is 0.212 e. The van der Waals surface area contributed by atoms with Gasteiger partial charge in [-0.25, -0.2) is 9.37 Å². The topological polar surface area (TPSA) is 33.1 Å². The second-order valence-corrected chi connectivity index (χ2v) is 6.49. The fourth-order valence-corrected chi connectivity index (χ4v) is 4.07. The van der Waals surface area contributed by atoms with Crippen molar-refractivity contribution in [1.82, 2.24) is 4.98 Å². The van der Waals surface area contributed by atoms with Crippen LogP contribution in [-0.4, -0.2) is 10.1 Å². The van der Waals surface area contributed by atoms with Crippen LogP contribution in [0.15, 0.2) is 29.3 Å². The lowest BCUT2D eigenvalue weighted by atomic mass is 9.93. The molecule has 0 atom stereocenters. The lowest BCUT2D eigenvalue weighted by molar-refractivity contribution is 0.445. The highest BCUT2D eigenvalue weighted by Crippen LogP contribution is 2.35. The van der Waals surface area contributed by atoms with E-state index in [9.17, 15) is 9.50 Å². The number of halogens is 2. The van der Waals surface area contributed by atoms with Crippen molar-refractivity contribution in [3.63, 3.8) is 0 Å². The van der Waals surface area contributed by atoms with Crippen LogP contribution in [-0.2, 0) is 18.6 Å². The highest BCUT2D eigenvalue weighted by Gasteiger charge is 2.17. The lowest BCUT2D eigenvalue weighted by Gasteiger charge is -2.18. The molecule has 0 saturated carbocycles. The van der Waals surface area contributed by atoms with Gasteiger partial charge in [0.05, 0.1) is 0 Å². The van der Waals surface area contributed by atoms with E-state index in [2.05, 4.69) is 4.98 Å². The van der Waals surface area contributed by atoms with Gasteiger partial charge in [-0.05, 0) is 48.9 Å². The van der Waals surface area contributed by atoms with Crippen molar-refractivity contribution >= 4 is 23.4 Å². The standard InChI is InChI=1S/C16H15ClFNOS/c17-13-6-3-7-14(18)12(13)9-21-16-11-5-2-1-4-10(11)8-15(20)19-16/h3,6-8H,1-2,4-5,9H2,(H,19,20). The third-order valence-electron chi connectivity index (χ3n) is 3.70. The Morgan fingerprint density at radius 1 is 1.29 bits per heavy atom. The zero-order valence-electron chi connectivity index (χ0n) is 11.4. The zero-order chi connectivity index (χ0) is 14.8. The Bertz CT molecular complexity index is 657. The van der Waals surface area contributed by atoms with Gasteiger partial charge < -0.3 is 5.11 Å². The maximum absolute atomic E-state index is 13.8. The number of fused-ring (bicyclic) bond motifs is 1. The number of pyridine rings is 1. The number of hydrogen-bond donors (Lipinski definition) is 1. The van der Waals surface area contributed by atoms with Crippen molar-refractivity contribution in [2.24, 2.45) is 0 Å². The molecule has 3 rings (SSSR count). The molecular weight excluding hydrogens is 309 g/mol. The highest BCUT2D eigenvalue weighted by molar-refractivity contribution is 7.98. The molecule has 21 heavy (non-hydrogen) atoms. The molecule has 1 aliphatic carbocycles. The van der Waals surface area contributed by atoms with Crippen molar-refractivity contribution in [3.05, 3.63) is 51.8 Å². The Balaban J connectivity index is 1.87. The molecule has 2 aromatic rings. The van der Waals surface area contributed by atoms with E-state index in [4.69, 9.17) is 11.6 Å². The molecule has 0 fully saturated rings. The molecule has 1 N–H and O–H groups in total. The number of benzene rings is 1.